The molecule has 0 radical (unpaired) electrons. The second kappa shape index (κ2) is 5.42. The van der Waals surface area contributed by atoms with Crippen LogP contribution in [0.25, 0.3) is 0 Å². The van der Waals surface area contributed by atoms with Gasteiger partial charge in [-0.3, -0.25) is 4.79 Å². The van der Waals surface area contributed by atoms with E-state index in [4.69, 9.17) is 17.3 Å². The zero-order valence-corrected chi connectivity index (χ0v) is 11.5. The average Bonchev–Trinajstić information content (AvgIpc) is 2.75. The summed E-state index contributed by atoms with van der Waals surface area (Å²) in [6.07, 6.45) is 0. The van der Waals surface area contributed by atoms with Crippen LogP contribution in [0, 0.1) is 0 Å². The van der Waals surface area contributed by atoms with E-state index >= 15 is 0 Å². The summed E-state index contributed by atoms with van der Waals surface area (Å²) in [7, 11) is 1.76. The highest BCUT2D eigenvalue weighted by Crippen LogP contribution is 2.23. The molecule has 0 atom stereocenters. The number of nitrogens with two attached hydrogens (primary N) is 1. The minimum absolute atomic E-state index is 0.0330. The van der Waals surface area contributed by atoms with Crippen LogP contribution in [-0.2, 0) is 6.54 Å². The van der Waals surface area contributed by atoms with Crippen molar-refractivity contribution in [2.24, 2.45) is 0 Å². The Morgan fingerprint density at radius 1 is 1.39 bits per heavy atom. The first-order valence-electron chi connectivity index (χ1n) is 5.41. The number of amides is 1. The molecule has 2 aromatic rings. The maximum Gasteiger partial charge on any atom is 0.264 e. The van der Waals surface area contributed by atoms with E-state index in [2.05, 4.69) is 0 Å². The second-order valence-corrected chi connectivity index (χ2v) is 5.73. The molecule has 94 valence electrons. The fourth-order valence-electron chi connectivity index (χ4n) is 1.65. The third-order valence-corrected chi connectivity index (χ3v) is 3.72. The molecule has 0 aliphatic heterocycles. The van der Waals surface area contributed by atoms with Gasteiger partial charge in [0.2, 0.25) is 0 Å². The summed E-state index contributed by atoms with van der Waals surface area (Å²) in [5.41, 5.74) is 7.42. The molecule has 1 heterocycles. The first-order chi connectivity index (χ1) is 8.56. The maximum atomic E-state index is 12.1. The average molecular weight is 281 g/mol. The molecular weight excluding hydrogens is 268 g/mol. The lowest BCUT2D eigenvalue weighted by atomic mass is 10.2. The molecule has 0 unspecified atom stereocenters. The molecule has 5 heteroatoms. The molecule has 2 rings (SSSR count). The second-order valence-electron chi connectivity index (χ2n) is 4.01. The van der Waals surface area contributed by atoms with Crippen LogP contribution in [0.4, 0.5) is 5.69 Å². The van der Waals surface area contributed by atoms with Crippen molar-refractivity contribution in [2.75, 3.05) is 12.8 Å². The largest absolute Gasteiger partial charge is 0.399 e. The normalized spacial score (nSPS) is 10.3. The van der Waals surface area contributed by atoms with Crippen molar-refractivity contribution in [3.05, 3.63) is 51.2 Å². The Kier molecular flexibility index (Phi) is 3.89. The number of carbonyl (C=O) groups excluding carboxylic acids is 1. The van der Waals surface area contributed by atoms with Gasteiger partial charge in [-0.15, -0.1) is 11.3 Å². The van der Waals surface area contributed by atoms with E-state index in [1.54, 1.807) is 24.1 Å². The molecule has 0 bridgehead atoms. The van der Waals surface area contributed by atoms with Gasteiger partial charge < -0.3 is 10.6 Å². The third kappa shape index (κ3) is 3.03. The topological polar surface area (TPSA) is 46.3 Å². The predicted molar refractivity (Wildman–Crippen MR) is 76.0 cm³/mol. The number of hydrogen-bond donors (Lipinski definition) is 1. The molecule has 2 N–H and O–H groups in total. The summed E-state index contributed by atoms with van der Waals surface area (Å²) < 4.78 is 0.621. The highest BCUT2D eigenvalue weighted by molar-refractivity contribution is 7.17. The van der Waals surface area contributed by atoms with Crippen LogP contribution >= 0.6 is 22.9 Å². The van der Waals surface area contributed by atoms with Crippen molar-refractivity contribution in [1.82, 2.24) is 4.90 Å². The summed E-state index contributed by atoms with van der Waals surface area (Å²) in [5, 5.41) is 0. The van der Waals surface area contributed by atoms with Crippen LogP contribution in [0.2, 0.25) is 4.34 Å². The number of nitrogens with zero attached hydrogens (tertiary/aromatic N) is 1. The van der Waals surface area contributed by atoms with Gasteiger partial charge in [-0.05, 0) is 29.8 Å². The Balaban J connectivity index is 2.08. The summed E-state index contributed by atoms with van der Waals surface area (Å²) in [5.74, 6) is -0.0330. The molecule has 0 aliphatic rings. The Morgan fingerprint density at radius 3 is 2.78 bits per heavy atom. The van der Waals surface area contributed by atoms with E-state index < -0.39 is 0 Å². The lowest BCUT2D eigenvalue weighted by molar-refractivity contribution is 0.0790. The smallest absolute Gasteiger partial charge is 0.264 e. The molecule has 18 heavy (non-hydrogen) atoms. The Morgan fingerprint density at radius 2 is 2.17 bits per heavy atom. The van der Waals surface area contributed by atoms with E-state index in [1.807, 2.05) is 24.3 Å². The summed E-state index contributed by atoms with van der Waals surface area (Å²) in [6.45, 7) is 0.527. The molecular formula is C13H13ClN2OS. The van der Waals surface area contributed by atoms with Gasteiger partial charge in [-0.1, -0.05) is 23.7 Å². The van der Waals surface area contributed by atoms with Crippen LogP contribution in [0.1, 0.15) is 15.2 Å². The number of halogens is 1. The van der Waals surface area contributed by atoms with Crippen LogP contribution in [0.3, 0.4) is 0 Å². The van der Waals surface area contributed by atoms with Crippen LogP contribution in [0.5, 0.6) is 0 Å². The molecule has 0 fully saturated rings. The van der Waals surface area contributed by atoms with Crippen LogP contribution < -0.4 is 5.73 Å². The third-order valence-electron chi connectivity index (χ3n) is 2.50. The van der Waals surface area contributed by atoms with Crippen molar-refractivity contribution in [3.63, 3.8) is 0 Å². The lowest BCUT2D eigenvalue weighted by Gasteiger charge is -2.16. The summed E-state index contributed by atoms with van der Waals surface area (Å²) >= 11 is 7.11. The van der Waals surface area contributed by atoms with E-state index in [9.17, 15) is 4.79 Å². The predicted octanol–water partition coefficient (Wildman–Crippen LogP) is 3.26. The summed E-state index contributed by atoms with van der Waals surface area (Å²) in [6, 6.07) is 11.0. The maximum absolute atomic E-state index is 12.1. The van der Waals surface area contributed by atoms with Crippen molar-refractivity contribution >= 4 is 34.5 Å². The van der Waals surface area contributed by atoms with Gasteiger partial charge in [0.1, 0.15) is 0 Å². The van der Waals surface area contributed by atoms with Crippen molar-refractivity contribution in [3.8, 4) is 0 Å². The van der Waals surface area contributed by atoms with E-state index in [1.165, 1.54) is 11.3 Å². The van der Waals surface area contributed by atoms with Gasteiger partial charge in [0.05, 0.1) is 9.21 Å². The van der Waals surface area contributed by atoms with Gasteiger partial charge in [-0.25, -0.2) is 0 Å². The highest BCUT2D eigenvalue weighted by Gasteiger charge is 2.14. The molecule has 0 aliphatic carbocycles. The standard InChI is InChI=1S/C13H13ClN2OS/c1-16(8-9-3-2-4-10(15)7-9)13(17)11-5-6-12(14)18-11/h2-7H,8,15H2,1H3. The zero-order chi connectivity index (χ0) is 13.1. The quantitative estimate of drug-likeness (QED) is 0.877. The van der Waals surface area contributed by atoms with Gasteiger partial charge >= 0.3 is 0 Å². The minimum atomic E-state index is -0.0330. The first-order valence-corrected chi connectivity index (χ1v) is 6.61. The number of thiophene rings is 1. The van der Waals surface area contributed by atoms with Gasteiger partial charge in [0, 0.05) is 19.3 Å². The Labute approximate surface area is 115 Å². The fourth-order valence-corrected chi connectivity index (χ4v) is 2.69. The molecule has 3 nitrogen and oxygen atoms in total. The minimum Gasteiger partial charge on any atom is -0.399 e. The molecule has 1 amide bonds. The molecule has 0 spiro atoms. The van der Waals surface area contributed by atoms with E-state index in [0.717, 1.165) is 5.56 Å². The number of hydrogen-bond acceptors (Lipinski definition) is 3. The zero-order valence-electron chi connectivity index (χ0n) is 9.89. The monoisotopic (exact) mass is 280 g/mol. The first kappa shape index (κ1) is 12.9. The number of nitrogen functional groups attached to an aromatic ring is 1. The molecule has 0 saturated heterocycles. The number of anilines is 1. The molecule has 1 aromatic heterocycles. The Bertz CT molecular complexity index is 568. The number of benzene rings is 1. The van der Waals surface area contributed by atoms with Crippen molar-refractivity contribution in [1.29, 1.82) is 0 Å². The SMILES string of the molecule is CN(Cc1cccc(N)c1)C(=O)c1ccc(Cl)s1. The van der Waals surface area contributed by atoms with E-state index in [-0.39, 0.29) is 5.91 Å². The van der Waals surface area contributed by atoms with Gasteiger partial charge in [0.15, 0.2) is 0 Å². The van der Waals surface area contributed by atoms with Crippen LogP contribution in [0.15, 0.2) is 36.4 Å². The van der Waals surface area contributed by atoms with Crippen LogP contribution in [-0.4, -0.2) is 17.9 Å². The number of rotatable bonds is 3. The van der Waals surface area contributed by atoms with Crippen molar-refractivity contribution in [2.45, 2.75) is 6.54 Å². The Hall–Kier alpha value is -1.52. The van der Waals surface area contributed by atoms with E-state index in [0.29, 0.717) is 21.4 Å². The fraction of sp³-hybridized carbons (Fsp3) is 0.154. The highest BCUT2D eigenvalue weighted by atomic mass is 35.5. The van der Waals surface area contributed by atoms with Gasteiger partial charge in [-0.2, -0.15) is 0 Å². The molecule has 0 saturated carbocycles. The number of carbonyl (C=O) groups is 1. The molecule has 1 aromatic carbocycles. The summed E-state index contributed by atoms with van der Waals surface area (Å²) in [4.78, 5) is 14.4. The lowest BCUT2D eigenvalue weighted by Crippen LogP contribution is -2.25. The van der Waals surface area contributed by atoms with Gasteiger partial charge in [0.25, 0.3) is 5.91 Å². The van der Waals surface area contributed by atoms with Crippen molar-refractivity contribution < 1.29 is 4.79 Å².